The maximum absolute atomic E-state index is 12.3. The van der Waals surface area contributed by atoms with Gasteiger partial charge in [-0.2, -0.15) is 0 Å². The maximum atomic E-state index is 12.3. The van der Waals surface area contributed by atoms with Gasteiger partial charge < -0.3 is 20.1 Å². The summed E-state index contributed by atoms with van der Waals surface area (Å²) in [6, 6.07) is 15.7. The molecule has 29 heavy (non-hydrogen) atoms. The van der Waals surface area contributed by atoms with Crippen LogP contribution in [0.4, 0.5) is 5.69 Å². The highest BCUT2D eigenvalue weighted by molar-refractivity contribution is 6.30. The summed E-state index contributed by atoms with van der Waals surface area (Å²) < 4.78 is 10.3. The molecule has 0 bridgehead atoms. The summed E-state index contributed by atoms with van der Waals surface area (Å²) >= 11 is 5.95. The topological polar surface area (TPSA) is 93.7 Å². The number of ether oxygens (including phenoxy) is 2. The van der Waals surface area contributed by atoms with Crippen LogP contribution < -0.4 is 10.6 Å². The zero-order valence-electron chi connectivity index (χ0n) is 15.6. The number of esters is 1. The molecule has 0 fully saturated rings. The summed E-state index contributed by atoms with van der Waals surface area (Å²) in [6.45, 7) is 0.987. The third kappa shape index (κ3) is 5.36. The maximum Gasteiger partial charge on any atom is 0.347 e. The Hall–Kier alpha value is -3.32. The first kappa shape index (κ1) is 20.4. The van der Waals surface area contributed by atoms with Gasteiger partial charge in [0.05, 0.1) is 6.04 Å². The Bertz CT molecular complexity index is 959. The van der Waals surface area contributed by atoms with Crippen LogP contribution in [0, 0.1) is 0 Å². The van der Waals surface area contributed by atoms with Crippen LogP contribution in [0.1, 0.15) is 18.5 Å². The fraction of sp³-hybridized carbons (Fsp3) is 0.190. The third-order valence-electron chi connectivity index (χ3n) is 4.15. The molecule has 0 aliphatic carbocycles. The average molecular weight is 415 g/mol. The van der Waals surface area contributed by atoms with Crippen LogP contribution in [-0.4, -0.2) is 30.9 Å². The van der Waals surface area contributed by atoms with E-state index in [2.05, 4.69) is 10.6 Å². The Labute approximate surface area is 172 Å². The highest BCUT2D eigenvalue weighted by Gasteiger charge is 2.33. The number of para-hydroxylation sites is 1. The van der Waals surface area contributed by atoms with E-state index in [0.717, 1.165) is 5.56 Å². The summed E-state index contributed by atoms with van der Waals surface area (Å²) in [5, 5.41) is 6.14. The second-order valence-corrected chi connectivity index (χ2v) is 6.76. The molecular formula is C21H19ClN2O5. The Balaban J connectivity index is 1.59. The largest absolute Gasteiger partial charge is 0.470 e. The quantitative estimate of drug-likeness (QED) is 0.534. The van der Waals surface area contributed by atoms with Crippen molar-refractivity contribution in [1.82, 2.24) is 5.32 Å². The minimum atomic E-state index is -0.920. The second-order valence-electron chi connectivity index (χ2n) is 6.33. The molecule has 2 N–H and O–H groups in total. The van der Waals surface area contributed by atoms with Crippen molar-refractivity contribution in [2.75, 3.05) is 18.5 Å². The molecule has 1 aliphatic rings. The number of carbonyl (C=O) groups excluding carboxylic acids is 3. The minimum Gasteiger partial charge on any atom is -0.470 e. The molecule has 0 saturated heterocycles. The molecule has 1 heterocycles. The number of anilines is 1. The smallest absolute Gasteiger partial charge is 0.347 e. The number of ketones is 1. The van der Waals surface area contributed by atoms with E-state index in [1.54, 1.807) is 49.4 Å². The molecule has 0 saturated carbocycles. The highest BCUT2D eigenvalue weighted by Crippen LogP contribution is 2.21. The first-order chi connectivity index (χ1) is 13.9. The lowest BCUT2D eigenvalue weighted by molar-refractivity contribution is -0.145. The number of hydrogen-bond donors (Lipinski definition) is 2. The van der Waals surface area contributed by atoms with Gasteiger partial charge in [-0.15, -0.1) is 0 Å². The van der Waals surface area contributed by atoms with Crippen LogP contribution >= 0.6 is 11.6 Å². The highest BCUT2D eigenvalue weighted by atomic mass is 35.5. The minimum absolute atomic E-state index is 0.0129. The molecule has 1 atom stereocenters. The van der Waals surface area contributed by atoms with Crippen LogP contribution in [-0.2, 0) is 23.9 Å². The fourth-order valence-electron chi connectivity index (χ4n) is 2.71. The van der Waals surface area contributed by atoms with E-state index in [4.69, 9.17) is 21.1 Å². The van der Waals surface area contributed by atoms with Gasteiger partial charge in [0, 0.05) is 10.7 Å². The van der Waals surface area contributed by atoms with Gasteiger partial charge in [-0.1, -0.05) is 41.9 Å². The van der Waals surface area contributed by atoms with E-state index in [1.165, 1.54) is 0 Å². The van der Waals surface area contributed by atoms with Gasteiger partial charge in [-0.25, -0.2) is 4.79 Å². The van der Waals surface area contributed by atoms with Gasteiger partial charge in [0.2, 0.25) is 11.7 Å². The van der Waals surface area contributed by atoms with Gasteiger partial charge in [-0.05, 0) is 36.8 Å². The lowest BCUT2D eigenvalue weighted by atomic mass is 10.1. The lowest BCUT2D eigenvalue weighted by Crippen LogP contribution is -2.31. The predicted octanol–water partition coefficient (Wildman–Crippen LogP) is 2.98. The molecule has 0 unspecified atom stereocenters. The monoisotopic (exact) mass is 414 g/mol. The van der Waals surface area contributed by atoms with Crippen molar-refractivity contribution in [1.29, 1.82) is 0 Å². The number of benzene rings is 2. The average Bonchev–Trinajstić information content (AvgIpc) is 3.07. The lowest BCUT2D eigenvalue weighted by Gasteiger charge is -2.14. The van der Waals surface area contributed by atoms with Gasteiger partial charge >= 0.3 is 5.97 Å². The number of hydrogen-bond acceptors (Lipinski definition) is 6. The SMILES string of the molecule is C[C@H](NC(=O)COC(=O)C1=C(Nc2ccccc2)OCC1=O)c1cccc(Cl)c1. The molecule has 8 heteroatoms. The van der Waals surface area contributed by atoms with Crippen molar-refractivity contribution < 1.29 is 23.9 Å². The molecule has 0 aromatic heterocycles. The standard InChI is InChI=1S/C21H19ClN2O5/c1-13(14-6-5-7-15(22)10-14)23-18(26)12-29-21(27)19-17(25)11-28-20(19)24-16-8-3-2-4-9-16/h2-10,13,24H,11-12H2,1H3,(H,23,26)/t13-/m0/s1. The second kappa shape index (κ2) is 9.25. The molecule has 7 nitrogen and oxygen atoms in total. The van der Waals surface area contributed by atoms with Crippen molar-refractivity contribution in [2.45, 2.75) is 13.0 Å². The van der Waals surface area contributed by atoms with E-state index < -0.39 is 24.3 Å². The Morgan fingerprint density at radius 1 is 1.17 bits per heavy atom. The van der Waals surface area contributed by atoms with Crippen molar-refractivity contribution >= 4 is 34.9 Å². The van der Waals surface area contributed by atoms with Crippen LogP contribution in [0.2, 0.25) is 5.02 Å². The van der Waals surface area contributed by atoms with Crippen LogP contribution in [0.25, 0.3) is 0 Å². The van der Waals surface area contributed by atoms with Crippen molar-refractivity contribution in [3.63, 3.8) is 0 Å². The van der Waals surface area contributed by atoms with Crippen molar-refractivity contribution in [2.24, 2.45) is 0 Å². The Morgan fingerprint density at radius 2 is 1.93 bits per heavy atom. The van der Waals surface area contributed by atoms with Gasteiger partial charge in [0.15, 0.2) is 18.8 Å². The van der Waals surface area contributed by atoms with Crippen LogP contribution in [0.3, 0.4) is 0 Å². The summed E-state index contributed by atoms with van der Waals surface area (Å²) in [6.07, 6.45) is 0. The number of rotatable bonds is 7. The third-order valence-corrected chi connectivity index (χ3v) is 4.38. The molecular weight excluding hydrogens is 396 g/mol. The molecule has 150 valence electrons. The number of Topliss-reactive ketones (excluding diaryl/α,β-unsaturated/α-hetero) is 1. The van der Waals surface area contributed by atoms with Crippen LogP contribution in [0.15, 0.2) is 66.1 Å². The Kier molecular flexibility index (Phi) is 6.51. The summed E-state index contributed by atoms with van der Waals surface area (Å²) in [5.74, 6) is -1.92. The predicted molar refractivity (Wildman–Crippen MR) is 107 cm³/mol. The normalized spacial score (nSPS) is 14.2. The number of amides is 1. The molecule has 2 aromatic carbocycles. The molecule has 3 rings (SSSR count). The van der Waals surface area contributed by atoms with E-state index in [1.807, 2.05) is 12.1 Å². The molecule has 1 aliphatic heterocycles. The number of nitrogens with one attached hydrogen (secondary N) is 2. The van der Waals surface area contributed by atoms with E-state index in [0.29, 0.717) is 10.7 Å². The first-order valence-corrected chi connectivity index (χ1v) is 9.26. The molecule has 2 aromatic rings. The zero-order chi connectivity index (χ0) is 20.8. The van der Waals surface area contributed by atoms with Gasteiger partial charge in [0.25, 0.3) is 5.91 Å². The van der Waals surface area contributed by atoms with Gasteiger partial charge in [0.1, 0.15) is 0 Å². The zero-order valence-corrected chi connectivity index (χ0v) is 16.4. The van der Waals surface area contributed by atoms with E-state index in [-0.39, 0.29) is 24.1 Å². The molecule has 0 spiro atoms. The summed E-state index contributed by atoms with van der Waals surface area (Å²) in [7, 11) is 0. The summed E-state index contributed by atoms with van der Waals surface area (Å²) in [4.78, 5) is 36.5. The molecule has 1 amide bonds. The molecule has 0 radical (unpaired) electrons. The van der Waals surface area contributed by atoms with E-state index >= 15 is 0 Å². The van der Waals surface area contributed by atoms with Crippen LogP contribution in [0.5, 0.6) is 0 Å². The van der Waals surface area contributed by atoms with Crippen molar-refractivity contribution in [3.8, 4) is 0 Å². The number of carbonyl (C=O) groups is 3. The van der Waals surface area contributed by atoms with Gasteiger partial charge in [-0.3, -0.25) is 9.59 Å². The van der Waals surface area contributed by atoms with Crippen molar-refractivity contribution in [3.05, 3.63) is 76.6 Å². The fourth-order valence-corrected chi connectivity index (χ4v) is 2.91. The Morgan fingerprint density at radius 3 is 2.66 bits per heavy atom. The number of halogens is 1. The summed E-state index contributed by atoms with van der Waals surface area (Å²) in [5.41, 5.74) is 1.22. The first-order valence-electron chi connectivity index (χ1n) is 8.88. The van der Waals surface area contributed by atoms with E-state index in [9.17, 15) is 14.4 Å².